The first-order chi connectivity index (χ1) is 9.78. The van der Waals surface area contributed by atoms with Gasteiger partial charge >= 0.3 is 0 Å². The van der Waals surface area contributed by atoms with Crippen LogP contribution in [0.25, 0.3) is 0 Å². The van der Waals surface area contributed by atoms with Crippen LogP contribution in [0.4, 0.5) is 5.69 Å². The number of nitrogens with zero attached hydrogens (tertiary/aromatic N) is 1. The van der Waals surface area contributed by atoms with Crippen LogP contribution in [0, 0.1) is 6.92 Å². The van der Waals surface area contributed by atoms with Crippen LogP contribution in [0.15, 0.2) is 18.2 Å². The van der Waals surface area contributed by atoms with Gasteiger partial charge in [0, 0.05) is 24.8 Å². The third kappa shape index (κ3) is 3.15. The molecule has 0 bridgehead atoms. The minimum Gasteiger partial charge on any atom is -0.394 e. The Kier molecular flexibility index (Phi) is 4.27. The molecule has 2 fully saturated rings. The Hall–Kier alpha value is -1.06. The molecule has 1 saturated heterocycles. The van der Waals surface area contributed by atoms with Crippen molar-refractivity contribution >= 4 is 5.69 Å². The van der Waals surface area contributed by atoms with Crippen LogP contribution in [-0.2, 0) is 6.54 Å². The molecule has 1 aliphatic heterocycles. The Labute approximate surface area is 122 Å². The number of hydrogen-bond acceptors (Lipinski definition) is 3. The zero-order chi connectivity index (χ0) is 13.9. The van der Waals surface area contributed by atoms with Gasteiger partial charge in [0.25, 0.3) is 0 Å². The van der Waals surface area contributed by atoms with E-state index in [9.17, 15) is 5.11 Å². The first-order valence-electron chi connectivity index (χ1n) is 7.98. The predicted molar refractivity (Wildman–Crippen MR) is 83.1 cm³/mol. The zero-order valence-electron chi connectivity index (χ0n) is 12.4. The largest absolute Gasteiger partial charge is 0.394 e. The Balaban J connectivity index is 1.71. The van der Waals surface area contributed by atoms with Crippen molar-refractivity contribution in [3.63, 3.8) is 0 Å². The average Bonchev–Trinajstić information content (AvgIpc) is 3.29. The van der Waals surface area contributed by atoms with Crippen LogP contribution in [0.3, 0.4) is 0 Å². The van der Waals surface area contributed by atoms with Gasteiger partial charge in [-0.25, -0.2) is 0 Å². The summed E-state index contributed by atoms with van der Waals surface area (Å²) in [6.07, 6.45) is 6.26. The Bertz CT molecular complexity index is 456. The van der Waals surface area contributed by atoms with Gasteiger partial charge in [-0.15, -0.1) is 0 Å². The highest BCUT2D eigenvalue weighted by atomic mass is 16.3. The molecule has 1 atom stereocenters. The van der Waals surface area contributed by atoms with Gasteiger partial charge in [0.2, 0.25) is 0 Å². The highest BCUT2D eigenvalue weighted by Crippen LogP contribution is 2.28. The van der Waals surface area contributed by atoms with E-state index in [0.29, 0.717) is 6.04 Å². The van der Waals surface area contributed by atoms with Gasteiger partial charge in [-0.2, -0.15) is 0 Å². The van der Waals surface area contributed by atoms with E-state index < -0.39 is 0 Å². The standard InChI is InChI=1S/C17H26N2O/c1-13-10-14(11-18-15-6-7-15)5-8-17(13)19-9-3-2-4-16(19)12-20/h5,8,10,15-16,18,20H,2-4,6-7,9,11-12H2,1H3. The minimum absolute atomic E-state index is 0.268. The summed E-state index contributed by atoms with van der Waals surface area (Å²) in [5.41, 5.74) is 4.01. The molecule has 3 rings (SSSR count). The molecule has 2 aliphatic rings. The second-order valence-electron chi connectivity index (χ2n) is 6.30. The predicted octanol–water partition coefficient (Wildman–Crippen LogP) is 2.60. The van der Waals surface area contributed by atoms with Crippen LogP contribution in [0.2, 0.25) is 0 Å². The first kappa shape index (κ1) is 13.9. The average molecular weight is 274 g/mol. The molecule has 3 nitrogen and oxygen atoms in total. The van der Waals surface area contributed by atoms with Crippen molar-refractivity contribution in [2.75, 3.05) is 18.1 Å². The van der Waals surface area contributed by atoms with Crippen LogP contribution in [0.5, 0.6) is 0 Å². The maximum absolute atomic E-state index is 9.57. The number of benzene rings is 1. The van der Waals surface area contributed by atoms with E-state index in [-0.39, 0.29) is 6.61 Å². The highest BCUT2D eigenvalue weighted by Gasteiger charge is 2.23. The summed E-state index contributed by atoms with van der Waals surface area (Å²) in [5.74, 6) is 0. The summed E-state index contributed by atoms with van der Waals surface area (Å²) in [6, 6.07) is 7.84. The Morgan fingerprint density at radius 3 is 2.80 bits per heavy atom. The molecule has 0 spiro atoms. The van der Waals surface area contributed by atoms with Gasteiger partial charge in [-0.1, -0.05) is 12.1 Å². The molecule has 1 saturated carbocycles. The normalized spacial score (nSPS) is 23.1. The van der Waals surface area contributed by atoms with Crippen LogP contribution in [-0.4, -0.2) is 30.3 Å². The summed E-state index contributed by atoms with van der Waals surface area (Å²) in [6.45, 7) is 4.52. The summed E-state index contributed by atoms with van der Waals surface area (Å²) >= 11 is 0. The quantitative estimate of drug-likeness (QED) is 0.866. The maximum Gasteiger partial charge on any atom is 0.0635 e. The molecule has 0 radical (unpaired) electrons. The van der Waals surface area contributed by atoms with Gasteiger partial charge in [0.1, 0.15) is 0 Å². The fourth-order valence-electron chi connectivity index (χ4n) is 3.21. The van der Waals surface area contributed by atoms with E-state index >= 15 is 0 Å². The Morgan fingerprint density at radius 2 is 2.10 bits per heavy atom. The van der Waals surface area contributed by atoms with Crippen molar-refractivity contribution in [3.8, 4) is 0 Å². The highest BCUT2D eigenvalue weighted by molar-refractivity contribution is 5.55. The fourth-order valence-corrected chi connectivity index (χ4v) is 3.21. The molecule has 1 aliphatic carbocycles. The van der Waals surface area contributed by atoms with Crippen LogP contribution < -0.4 is 10.2 Å². The molecule has 1 aromatic carbocycles. The number of aliphatic hydroxyl groups is 1. The fraction of sp³-hybridized carbons (Fsp3) is 0.647. The summed E-state index contributed by atoms with van der Waals surface area (Å²) in [4.78, 5) is 2.40. The number of hydrogen-bond donors (Lipinski definition) is 2. The monoisotopic (exact) mass is 274 g/mol. The molecule has 3 heteroatoms. The van der Waals surface area contributed by atoms with Gasteiger partial charge in [-0.05, 0) is 56.2 Å². The molecular weight excluding hydrogens is 248 g/mol. The Morgan fingerprint density at radius 1 is 1.25 bits per heavy atom. The number of piperidine rings is 1. The van der Waals surface area contributed by atoms with Crippen molar-refractivity contribution in [1.82, 2.24) is 5.32 Å². The molecule has 110 valence electrons. The van der Waals surface area contributed by atoms with E-state index in [1.54, 1.807) is 0 Å². The number of rotatable bonds is 5. The van der Waals surface area contributed by atoms with Crippen molar-refractivity contribution in [3.05, 3.63) is 29.3 Å². The van der Waals surface area contributed by atoms with E-state index in [1.807, 2.05) is 0 Å². The SMILES string of the molecule is Cc1cc(CNC2CC2)ccc1N1CCCCC1CO. The zero-order valence-corrected chi connectivity index (χ0v) is 12.4. The topological polar surface area (TPSA) is 35.5 Å². The lowest BCUT2D eigenvalue weighted by molar-refractivity contribution is 0.240. The number of aliphatic hydroxyl groups excluding tert-OH is 1. The van der Waals surface area contributed by atoms with Gasteiger partial charge < -0.3 is 15.3 Å². The number of anilines is 1. The van der Waals surface area contributed by atoms with Crippen molar-refractivity contribution in [2.24, 2.45) is 0 Å². The van der Waals surface area contributed by atoms with E-state index in [4.69, 9.17) is 0 Å². The maximum atomic E-state index is 9.57. The smallest absolute Gasteiger partial charge is 0.0635 e. The molecule has 2 N–H and O–H groups in total. The van der Waals surface area contributed by atoms with Gasteiger partial charge in [0.05, 0.1) is 12.6 Å². The van der Waals surface area contributed by atoms with E-state index in [0.717, 1.165) is 25.6 Å². The molecular formula is C17H26N2O. The minimum atomic E-state index is 0.268. The van der Waals surface area contributed by atoms with E-state index in [2.05, 4.69) is 35.3 Å². The number of aryl methyl sites for hydroxylation is 1. The van der Waals surface area contributed by atoms with Crippen molar-refractivity contribution < 1.29 is 5.11 Å². The van der Waals surface area contributed by atoms with Gasteiger partial charge in [-0.3, -0.25) is 0 Å². The van der Waals surface area contributed by atoms with Crippen LogP contribution >= 0.6 is 0 Å². The molecule has 0 amide bonds. The molecule has 1 unspecified atom stereocenters. The first-order valence-corrected chi connectivity index (χ1v) is 7.98. The lowest BCUT2D eigenvalue weighted by Gasteiger charge is -2.37. The molecule has 0 aromatic heterocycles. The van der Waals surface area contributed by atoms with Crippen molar-refractivity contribution in [2.45, 2.75) is 57.7 Å². The van der Waals surface area contributed by atoms with Crippen molar-refractivity contribution in [1.29, 1.82) is 0 Å². The molecule has 1 aromatic rings. The lowest BCUT2D eigenvalue weighted by Crippen LogP contribution is -2.42. The molecule has 1 heterocycles. The third-order valence-corrected chi connectivity index (χ3v) is 4.58. The van der Waals surface area contributed by atoms with Gasteiger partial charge in [0.15, 0.2) is 0 Å². The molecule has 20 heavy (non-hydrogen) atoms. The lowest BCUT2D eigenvalue weighted by atomic mass is 9.99. The summed E-state index contributed by atoms with van der Waals surface area (Å²) in [5, 5.41) is 13.1. The third-order valence-electron chi connectivity index (χ3n) is 4.58. The summed E-state index contributed by atoms with van der Waals surface area (Å²) < 4.78 is 0. The van der Waals surface area contributed by atoms with E-state index in [1.165, 1.54) is 42.5 Å². The van der Waals surface area contributed by atoms with Crippen LogP contribution in [0.1, 0.15) is 43.2 Å². The second-order valence-corrected chi connectivity index (χ2v) is 6.30. The summed E-state index contributed by atoms with van der Waals surface area (Å²) in [7, 11) is 0. The number of nitrogens with one attached hydrogen (secondary N) is 1. The second kappa shape index (κ2) is 6.15.